The Morgan fingerprint density at radius 1 is 0.619 bits per heavy atom. The second-order valence-electron chi connectivity index (χ2n) is 11.7. The number of nitrogens with one attached hydrogen (secondary N) is 1. The summed E-state index contributed by atoms with van der Waals surface area (Å²) >= 11 is 0. The summed E-state index contributed by atoms with van der Waals surface area (Å²) in [6.07, 6.45) is 6.99. The van der Waals surface area contributed by atoms with Crippen LogP contribution in [0.2, 0.25) is 0 Å². The van der Waals surface area contributed by atoms with Crippen LogP contribution in [0.15, 0.2) is 0 Å². The van der Waals surface area contributed by atoms with Crippen molar-refractivity contribution >= 4 is 22.8 Å². The third-order valence-corrected chi connectivity index (χ3v) is 11.5. The topological polar surface area (TPSA) is 161 Å². The summed E-state index contributed by atoms with van der Waals surface area (Å²) in [5, 5.41) is 3.66. The van der Waals surface area contributed by atoms with Crippen LogP contribution >= 0.6 is 22.8 Å². The van der Waals surface area contributed by atoms with Crippen molar-refractivity contribution in [3.63, 3.8) is 0 Å². The van der Waals surface area contributed by atoms with E-state index in [9.17, 15) is 28.4 Å². The quantitative estimate of drug-likeness (QED) is 0.122. The van der Waals surface area contributed by atoms with Crippen LogP contribution in [-0.2, 0) is 27.3 Å². The zero-order valence-electron chi connectivity index (χ0n) is 26.0. The van der Waals surface area contributed by atoms with Crippen LogP contribution in [0.3, 0.4) is 0 Å². The van der Waals surface area contributed by atoms with Crippen molar-refractivity contribution in [3.05, 3.63) is 0 Å². The highest BCUT2D eigenvalue weighted by Gasteiger charge is 2.33. The van der Waals surface area contributed by atoms with Crippen molar-refractivity contribution in [1.82, 2.24) is 20.0 Å². The fourth-order valence-corrected chi connectivity index (χ4v) is 9.02. The summed E-state index contributed by atoms with van der Waals surface area (Å²) in [5.74, 6) is 0. The van der Waals surface area contributed by atoms with Gasteiger partial charge in [-0.15, -0.1) is 0 Å². The summed E-state index contributed by atoms with van der Waals surface area (Å²) in [6.45, 7) is 9.13. The van der Waals surface area contributed by atoms with E-state index in [1.807, 2.05) is 35.5 Å². The van der Waals surface area contributed by atoms with Gasteiger partial charge in [-0.3, -0.25) is 28.4 Å². The maximum atomic E-state index is 13.0. The molecule has 16 heteroatoms. The lowest BCUT2D eigenvalue weighted by atomic mass is 9.97. The van der Waals surface area contributed by atoms with E-state index in [0.717, 1.165) is 38.5 Å². The van der Waals surface area contributed by atoms with Crippen LogP contribution in [0.25, 0.3) is 0 Å². The molecule has 0 aromatic rings. The summed E-state index contributed by atoms with van der Waals surface area (Å²) in [4.78, 5) is 37.4. The third kappa shape index (κ3) is 16.6. The van der Waals surface area contributed by atoms with E-state index in [1.165, 1.54) is 0 Å². The van der Waals surface area contributed by atoms with Gasteiger partial charge in [-0.05, 0) is 32.1 Å². The van der Waals surface area contributed by atoms with E-state index in [-0.39, 0.29) is 50.8 Å². The fraction of sp³-hybridized carbons (Fsp3) is 1.00. The molecule has 2 heterocycles. The number of rotatable bonds is 18. The predicted octanol–water partition coefficient (Wildman–Crippen LogP) is 4.30. The monoisotopic (exact) mass is 662 g/mol. The van der Waals surface area contributed by atoms with Crippen LogP contribution in [0.5, 0.6) is 0 Å². The van der Waals surface area contributed by atoms with E-state index in [1.54, 1.807) is 0 Å². The van der Waals surface area contributed by atoms with Crippen molar-refractivity contribution in [2.24, 2.45) is 0 Å². The third-order valence-electron chi connectivity index (χ3n) is 7.51. The Balaban J connectivity index is 2.22. The zero-order chi connectivity index (χ0) is 31.1. The Hall–Kier alpha value is 0.290. The number of unbranched alkanes of at least 4 members (excludes halogenated alkanes) is 3. The van der Waals surface area contributed by atoms with Crippen LogP contribution < -0.4 is 5.32 Å². The number of hydrogen-bond donors (Lipinski definition) is 4. The molecular weight excluding hydrogens is 605 g/mol. The maximum Gasteiger partial charge on any atom is 0.341 e. The second-order valence-corrected chi connectivity index (χ2v) is 17.1. The molecule has 250 valence electrons. The largest absolute Gasteiger partial charge is 0.341 e. The molecule has 0 aromatic carbocycles. The molecule has 2 aliphatic heterocycles. The van der Waals surface area contributed by atoms with Gasteiger partial charge in [0.05, 0.1) is 19.8 Å². The van der Waals surface area contributed by atoms with Crippen molar-refractivity contribution in [3.8, 4) is 0 Å². The van der Waals surface area contributed by atoms with Gasteiger partial charge >= 0.3 is 22.8 Å². The van der Waals surface area contributed by atoms with Crippen molar-refractivity contribution in [2.45, 2.75) is 90.6 Å². The average Bonchev–Trinajstić information content (AvgIpc) is 2.89. The fourth-order valence-electron chi connectivity index (χ4n) is 5.22. The molecule has 2 rings (SSSR count). The standard InChI is InChI=1S/C26H57N4O9P3/c1-4-7-17-37-40(31,32)22-28-13-15-29(23-41(33,34)38-18-8-5-2)20-25-11-10-12-26(27-25)21-30(16-14-28)24-42(35,36)39-19-9-6-3/h25-27H,4-24H2,1-3H3,(H,31,32)(H,33,34)(H,35,36). The molecule has 13 nitrogen and oxygen atoms in total. The van der Waals surface area contributed by atoms with Crippen LogP contribution in [-0.4, -0.2) is 119 Å². The van der Waals surface area contributed by atoms with E-state index >= 15 is 0 Å². The second kappa shape index (κ2) is 19.7. The summed E-state index contributed by atoms with van der Waals surface area (Å²) in [6, 6.07) is 0.134. The number of fused-ring (bicyclic) bond motifs is 2. The molecule has 5 atom stereocenters. The molecule has 2 saturated heterocycles. The first-order valence-electron chi connectivity index (χ1n) is 15.7. The average molecular weight is 663 g/mol. The van der Waals surface area contributed by atoms with Gasteiger partial charge < -0.3 is 33.6 Å². The Bertz CT molecular complexity index is 851. The number of hydrogen-bond acceptors (Lipinski definition) is 10. The smallest absolute Gasteiger partial charge is 0.323 e. The normalized spacial score (nSPS) is 26.4. The van der Waals surface area contributed by atoms with Crippen LogP contribution in [0.4, 0.5) is 0 Å². The first kappa shape index (κ1) is 38.5. The molecular formula is C26H57N4O9P3. The molecule has 0 aliphatic carbocycles. The van der Waals surface area contributed by atoms with E-state index in [4.69, 9.17) is 13.6 Å². The van der Waals surface area contributed by atoms with Gasteiger partial charge in [-0.2, -0.15) is 0 Å². The molecule has 0 amide bonds. The van der Waals surface area contributed by atoms with Gasteiger partial charge in [0.1, 0.15) is 18.9 Å². The molecule has 0 radical (unpaired) electrons. The van der Waals surface area contributed by atoms with Gasteiger partial charge in [-0.25, -0.2) is 0 Å². The zero-order valence-corrected chi connectivity index (χ0v) is 28.7. The Kier molecular flexibility index (Phi) is 18.1. The van der Waals surface area contributed by atoms with Crippen molar-refractivity contribution in [2.75, 3.05) is 77.9 Å². The first-order chi connectivity index (χ1) is 19.9. The van der Waals surface area contributed by atoms with Gasteiger partial charge in [0, 0.05) is 51.4 Å². The molecule has 5 unspecified atom stereocenters. The van der Waals surface area contributed by atoms with Crippen molar-refractivity contribution < 1.29 is 41.9 Å². The highest BCUT2D eigenvalue weighted by atomic mass is 31.2. The summed E-state index contributed by atoms with van der Waals surface area (Å²) < 4.78 is 54.9. The first-order valence-corrected chi connectivity index (χ1v) is 21.0. The lowest BCUT2D eigenvalue weighted by molar-refractivity contribution is 0.136. The van der Waals surface area contributed by atoms with E-state index < -0.39 is 22.8 Å². The molecule has 0 aromatic heterocycles. The van der Waals surface area contributed by atoms with Gasteiger partial charge in [-0.1, -0.05) is 46.5 Å². The highest BCUT2D eigenvalue weighted by Crippen LogP contribution is 2.45. The summed E-state index contributed by atoms with van der Waals surface area (Å²) in [5.41, 5.74) is 0. The maximum absolute atomic E-state index is 13.0. The Morgan fingerprint density at radius 2 is 0.952 bits per heavy atom. The SMILES string of the molecule is CCCCOP(=O)(O)CN1CCN(CP(=O)(O)OCCCC)CC2CCCC(CN(CP(=O)(O)OCCCC)CC1)N2. The lowest BCUT2D eigenvalue weighted by Gasteiger charge is -2.39. The molecule has 42 heavy (non-hydrogen) atoms. The summed E-state index contributed by atoms with van der Waals surface area (Å²) in [7, 11) is -11.6. The van der Waals surface area contributed by atoms with Gasteiger partial charge in [0.2, 0.25) is 0 Å². The molecule has 2 aliphatic rings. The molecule has 2 bridgehead atoms. The minimum atomic E-state index is -3.93. The predicted molar refractivity (Wildman–Crippen MR) is 166 cm³/mol. The number of piperidine rings is 1. The molecule has 0 saturated carbocycles. The Labute approximate surface area is 253 Å². The lowest BCUT2D eigenvalue weighted by Crippen LogP contribution is -2.54. The van der Waals surface area contributed by atoms with E-state index in [0.29, 0.717) is 58.5 Å². The Morgan fingerprint density at radius 3 is 1.31 bits per heavy atom. The van der Waals surface area contributed by atoms with Gasteiger partial charge in [0.25, 0.3) is 0 Å². The molecule has 2 fully saturated rings. The molecule has 0 spiro atoms. The van der Waals surface area contributed by atoms with Crippen LogP contribution in [0, 0.1) is 0 Å². The minimum Gasteiger partial charge on any atom is -0.323 e. The highest BCUT2D eigenvalue weighted by molar-refractivity contribution is 7.53. The van der Waals surface area contributed by atoms with E-state index in [2.05, 4.69) is 5.32 Å². The molecule has 4 N–H and O–H groups in total. The van der Waals surface area contributed by atoms with Crippen molar-refractivity contribution in [1.29, 1.82) is 0 Å². The number of nitrogens with zero attached hydrogens (tertiary/aromatic N) is 3. The van der Waals surface area contributed by atoms with Crippen LogP contribution in [0.1, 0.15) is 78.6 Å². The minimum absolute atomic E-state index is 0.0668. The van der Waals surface area contributed by atoms with Gasteiger partial charge in [0.15, 0.2) is 0 Å².